The van der Waals surface area contributed by atoms with Crippen molar-refractivity contribution in [3.8, 4) is 0 Å². The highest BCUT2D eigenvalue weighted by atomic mass is 28.4. The number of hydrogen-bond acceptors (Lipinski definition) is 6. The smallest absolute Gasteiger partial charge is 0.323 e. The van der Waals surface area contributed by atoms with E-state index in [0.29, 0.717) is 18.8 Å². The molecule has 0 saturated heterocycles. The van der Waals surface area contributed by atoms with Crippen LogP contribution in [0.15, 0.2) is 23.5 Å². The molecular formula is C22H38O6Si. The van der Waals surface area contributed by atoms with Crippen molar-refractivity contribution in [2.75, 3.05) is 27.4 Å². The van der Waals surface area contributed by atoms with Gasteiger partial charge in [0, 0.05) is 6.42 Å². The Kier molecular flexibility index (Phi) is 7.93. The summed E-state index contributed by atoms with van der Waals surface area (Å²) in [6.07, 6.45) is 4.03. The molecule has 0 N–H and O–H groups in total. The normalized spacial score (nSPS) is 20.5. The molecule has 29 heavy (non-hydrogen) atoms. The minimum atomic E-state index is -1.97. The van der Waals surface area contributed by atoms with Gasteiger partial charge in [0.05, 0.1) is 32.0 Å². The zero-order valence-electron chi connectivity index (χ0n) is 19.7. The van der Waals surface area contributed by atoms with Crippen LogP contribution in [0.5, 0.6) is 0 Å². The predicted molar refractivity (Wildman–Crippen MR) is 116 cm³/mol. The van der Waals surface area contributed by atoms with Crippen LogP contribution >= 0.6 is 0 Å². The van der Waals surface area contributed by atoms with Gasteiger partial charge in [-0.15, -0.1) is 0 Å². The van der Waals surface area contributed by atoms with Crippen molar-refractivity contribution in [1.29, 1.82) is 0 Å². The Morgan fingerprint density at radius 3 is 2.10 bits per heavy atom. The number of methoxy groups -OCH3 is 2. The van der Waals surface area contributed by atoms with Crippen molar-refractivity contribution in [3.63, 3.8) is 0 Å². The van der Waals surface area contributed by atoms with Crippen LogP contribution in [0.25, 0.3) is 0 Å². The third-order valence-electron chi connectivity index (χ3n) is 5.59. The highest BCUT2D eigenvalue weighted by molar-refractivity contribution is 6.74. The first kappa shape index (κ1) is 25.4. The van der Waals surface area contributed by atoms with Crippen LogP contribution in [0.3, 0.4) is 0 Å². The van der Waals surface area contributed by atoms with E-state index in [1.807, 2.05) is 6.08 Å². The van der Waals surface area contributed by atoms with Gasteiger partial charge in [-0.2, -0.15) is 0 Å². The number of carbonyl (C=O) groups is 2. The average molecular weight is 427 g/mol. The molecule has 0 bridgehead atoms. The first-order valence-electron chi connectivity index (χ1n) is 9.94. The van der Waals surface area contributed by atoms with Gasteiger partial charge in [-0.1, -0.05) is 26.8 Å². The first-order chi connectivity index (χ1) is 13.1. The number of rotatable bonds is 7. The quantitative estimate of drug-likeness (QED) is 0.336. The summed E-state index contributed by atoms with van der Waals surface area (Å²) in [5, 5.41) is 0.0732. The number of allylic oxidation sites excluding steroid dienone is 1. The second-order valence-corrected chi connectivity index (χ2v) is 15.0. The lowest BCUT2D eigenvalue weighted by Crippen LogP contribution is -2.42. The van der Waals surface area contributed by atoms with E-state index in [9.17, 15) is 9.59 Å². The lowest BCUT2D eigenvalue weighted by molar-refractivity contribution is -0.160. The Morgan fingerprint density at radius 1 is 1.07 bits per heavy atom. The van der Waals surface area contributed by atoms with Gasteiger partial charge in [-0.3, -0.25) is 9.59 Å². The van der Waals surface area contributed by atoms with E-state index in [4.69, 9.17) is 18.6 Å². The maximum Gasteiger partial charge on any atom is 0.323 e. The molecule has 0 radical (unpaired) electrons. The molecule has 0 heterocycles. The zero-order chi connectivity index (χ0) is 22.7. The monoisotopic (exact) mass is 426 g/mol. The SMILES string of the molecule is COC(=O)C1(COC(=O)C(C)(C)C)C=C(CO[Si](C)(C)C(C)(C)C)CC(OC)=C1. The number of ether oxygens (including phenoxy) is 3. The van der Waals surface area contributed by atoms with Crippen molar-refractivity contribution < 1.29 is 28.2 Å². The van der Waals surface area contributed by atoms with Crippen molar-refractivity contribution in [2.45, 2.75) is 66.1 Å². The lowest BCUT2D eigenvalue weighted by atomic mass is 9.81. The van der Waals surface area contributed by atoms with Gasteiger partial charge in [0.15, 0.2) is 8.32 Å². The molecule has 1 rings (SSSR count). The van der Waals surface area contributed by atoms with Crippen LogP contribution in [0.4, 0.5) is 0 Å². The van der Waals surface area contributed by atoms with E-state index in [-0.39, 0.29) is 17.6 Å². The van der Waals surface area contributed by atoms with Gasteiger partial charge in [-0.05, 0) is 50.6 Å². The van der Waals surface area contributed by atoms with Crippen LogP contribution in [-0.2, 0) is 28.2 Å². The molecule has 0 aromatic heterocycles. The number of carbonyl (C=O) groups excluding carboxylic acids is 2. The van der Waals surface area contributed by atoms with Crippen LogP contribution < -0.4 is 0 Å². The molecule has 0 aromatic rings. The molecule has 0 saturated carbocycles. The molecular weight excluding hydrogens is 388 g/mol. The van der Waals surface area contributed by atoms with E-state index < -0.39 is 25.1 Å². The molecule has 1 aliphatic rings. The fraction of sp³-hybridized carbons (Fsp3) is 0.727. The van der Waals surface area contributed by atoms with E-state index in [1.165, 1.54) is 7.11 Å². The van der Waals surface area contributed by atoms with Crippen molar-refractivity contribution in [2.24, 2.45) is 10.8 Å². The molecule has 6 nitrogen and oxygen atoms in total. The third-order valence-corrected chi connectivity index (χ3v) is 10.1. The van der Waals surface area contributed by atoms with Crippen molar-refractivity contribution >= 4 is 20.3 Å². The predicted octanol–water partition coefficient (Wildman–Crippen LogP) is 4.62. The standard InChI is InChI=1S/C22H38O6Si/c1-20(2,3)18(23)27-15-22(19(24)26-8)12-16(11-17(13-22)25-7)14-28-29(9,10)21(4,5)6/h12-13H,11,14-15H2,1-10H3. The Balaban J connectivity index is 3.20. The summed E-state index contributed by atoms with van der Waals surface area (Å²) in [5.74, 6) is -0.261. The summed E-state index contributed by atoms with van der Waals surface area (Å²) < 4.78 is 22.4. The van der Waals surface area contributed by atoms with Crippen molar-refractivity contribution in [3.05, 3.63) is 23.5 Å². The second kappa shape index (κ2) is 9.04. The Bertz CT molecular complexity index is 678. The van der Waals surface area contributed by atoms with E-state index in [2.05, 4.69) is 33.9 Å². The van der Waals surface area contributed by atoms with E-state index >= 15 is 0 Å². The molecule has 0 amide bonds. The fourth-order valence-electron chi connectivity index (χ4n) is 2.58. The molecule has 0 fully saturated rings. The highest BCUT2D eigenvalue weighted by Gasteiger charge is 2.43. The van der Waals surface area contributed by atoms with Gasteiger partial charge in [0.25, 0.3) is 0 Å². The second-order valence-electron chi connectivity index (χ2n) is 10.2. The lowest BCUT2D eigenvalue weighted by Gasteiger charge is -2.37. The van der Waals surface area contributed by atoms with Crippen LogP contribution in [0.1, 0.15) is 48.0 Å². The van der Waals surface area contributed by atoms with Crippen LogP contribution in [0.2, 0.25) is 18.1 Å². The zero-order valence-corrected chi connectivity index (χ0v) is 20.7. The fourth-order valence-corrected chi connectivity index (χ4v) is 3.56. The van der Waals surface area contributed by atoms with Gasteiger partial charge >= 0.3 is 11.9 Å². The number of hydrogen-bond donors (Lipinski definition) is 0. The Morgan fingerprint density at radius 2 is 1.66 bits per heavy atom. The Labute approximate surface area is 176 Å². The van der Waals surface area contributed by atoms with E-state index in [0.717, 1.165) is 5.57 Å². The maximum atomic E-state index is 12.7. The molecule has 1 atom stereocenters. The van der Waals surface area contributed by atoms with Crippen molar-refractivity contribution in [1.82, 2.24) is 0 Å². The highest BCUT2D eigenvalue weighted by Crippen LogP contribution is 2.39. The van der Waals surface area contributed by atoms with Crippen LogP contribution in [0, 0.1) is 10.8 Å². The average Bonchev–Trinajstić information content (AvgIpc) is 2.61. The first-order valence-corrected chi connectivity index (χ1v) is 12.8. The Hall–Kier alpha value is -1.60. The molecule has 0 aromatic carbocycles. The largest absolute Gasteiger partial charge is 0.501 e. The topological polar surface area (TPSA) is 71.1 Å². The van der Waals surface area contributed by atoms with Gasteiger partial charge < -0.3 is 18.6 Å². The molecule has 0 aliphatic heterocycles. The number of esters is 2. The van der Waals surface area contributed by atoms with Gasteiger partial charge in [0.2, 0.25) is 0 Å². The minimum Gasteiger partial charge on any atom is -0.501 e. The minimum absolute atomic E-state index is 0.0732. The molecule has 0 spiro atoms. The van der Waals surface area contributed by atoms with Gasteiger partial charge in [-0.25, -0.2) is 0 Å². The summed E-state index contributed by atoms with van der Waals surface area (Å²) in [6.45, 7) is 16.5. The summed E-state index contributed by atoms with van der Waals surface area (Å²) in [4.78, 5) is 25.0. The maximum absolute atomic E-state index is 12.7. The summed E-state index contributed by atoms with van der Waals surface area (Å²) in [6, 6.07) is 0. The summed E-state index contributed by atoms with van der Waals surface area (Å²) in [7, 11) is 0.919. The van der Waals surface area contributed by atoms with E-state index in [1.54, 1.807) is 34.0 Å². The summed E-state index contributed by atoms with van der Waals surface area (Å²) in [5.41, 5.74) is -0.991. The molecule has 166 valence electrons. The molecule has 1 unspecified atom stereocenters. The molecule has 7 heteroatoms. The summed E-state index contributed by atoms with van der Waals surface area (Å²) >= 11 is 0. The van der Waals surface area contributed by atoms with Crippen LogP contribution in [-0.4, -0.2) is 47.7 Å². The third kappa shape index (κ3) is 6.44. The molecule has 1 aliphatic carbocycles. The van der Waals surface area contributed by atoms with Gasteiger partial charge in [0.1, 0.15) is 12.0 Å².